The maximum atomic E-state index is 12.6. The molecule has 3 N–H and O–H groups in total. The SMILES string of the molecule is CS(=O)(=O)c1ccc(NC(=O)Nc2cccc(-c3nc(N4CCOCC4)[nH]c3-c3ccncc3)c2)cc1. The van der Waals surface area contributed by atoms with Gasteiger partial charge in [-0.05, 0) is 48.5 Å². The minimum atomic E-state index is -3.31. The third-order valence-corrected chi connectivity index (χ3v) is 7.03. The number of hydrogen-bond donors (Lipinski definition) is 3. The van der Waals surface area contributed by atoms with E-state index < -0.39 is 15.9 Å². The number of amides is 2. The van der Waals surface area contributed by atoms with E-state index in [2.05, 4.69) is 25.5 Å². The summed E-state index contributed by atoms with van der Waals surface area (Å²) in [5.41, 5.74) is 4.45. The smallest absolute Gasteiger partial charge is 0.323 e. The van der Waals surface area contributed by atoms with Crippen LogP contribution in [0.2, 0.25) is 0 Å². The van der Waals surface area contributed by atoms with Crippen molar-refractivity contribution in [1.82, 2.24) is 15.0 Å². The zero-order valence-electron chi connectivity index (χ0n) is 20.1. The molecule has 0 spiro atoms. The van der Waals surface area contributed by atoms with E-state index in [1.165, 1.54) is 12.1 Å². The van der Waals surface area contributed by atoms with Gasteiger partial charge in [-0.2, -0.15) is 0 Å². The van der Waals surface area contributed by atoms with Crippen molar-refractivity contribution in [2.24, 2.45) is 0 Å². The van der Waals surface area contributed by atoms with E-state index in [0.717, 1.165) is 47.8 Å². The second-order valence-corrected chi connectivity index (χ2v) is 10.6. The molecule has 190 valence electrons. The zero-order valence-corrected chi connectivity index (χ0v) is 21.0. The topological polar surface area (TPSA) is 129 Å². The number of H-pyrrole nitrogens is 1. The molecule has 0 saturated carbocycles. The lowest BCUT2D eigenvalue weighted by atomic mass is 10.1. The Bertz CT molecular complexity index is 1500. The average molecular weight is 519 g/mol. The number of carbonyl (C=O) groups excluding carboxylic acids is 1. The lowest BCUT2D eigenvalue weighted by molar-refractivity contribution is 0.122. The van der Waals surface area contributed by atoms with E-state index in [0.29, 0.717) is 24.6 Å². The highest BCUT2D eigenvalue weighted by molar-refractivity contribution is 7.90. The first-order valence-corrected chi connectivity index (χ1v) is 13.6. The van der Waals surface area contributed by atoms with Crippen molar-refractivity contribution in [3.05, 3.63) is 73.1 Å². The Morgan fingerprint density at radius 3 is 2.35 bits per heavy atom. The van der Waals surface area contributed by atoms with Crippen LogP contribution in [0, 0.1) is 0 Å². The number of nitrogens with one attached hydrogen (secondary N) is 3. The second-order valence-electron chi connectivity index (χ2n) is 8.58. The first kappa shape index (κ1) is 24.5. The molecule has 2 amide bonds. The van der Waals surface area contributed by atoms with Gasteiger partial charge in [-0.3, -0.25) is 4.98 Å². The van der Waals surface area contributed by atoms with Gasteiger partial charge in [0.25, 0.3) is 0 Å². The average Bonchev–Trinajstić information content (AvgIpc) is 3.35. The summed E-state index contributed by atoms with van der Waals surface area (Å²) in [6.45, 7) is 2.78. The minimum absolute atomic E-state index is 0.187. The predicted octanol–water partition coefficient (Wildman–Crippen LogP) is 4.02. The summed E-state index contributed by atoms with van der Waals surface area (Å²) in [5, 5.41) is 5.55. The van der Waals surface area contributed by atoms with E-state index in [1.807, 2.05) is 30.3 Å². The maximum Gasteiger partial charge on any atom is 0.323 e. The first-order valence-electron chi connectivity index (χ1n) is 11.7. The third-order valence-electron chi connectivity index (χ3n) is 5.91. The van der Waals surface area contributed by atoms with Crippen molar-refractivity contribution in [1.29, 1.82) is 0 Å². The number of ether oxygens (including phenoxy) is 1. The number of anilines is 3. The van der Waals surface area contributed by atoms with Gasteiger partial charge in [0.15, 0.2) is 9.84 Å². The summed E-state index contributed by atoms with van der Waals surface area (Å²) < 4.78 is 28.8. The molecule has 0 bridgehead atoms. The fourth-order valence-corrected chi connectivity index (χ4v) is 4.68. The minimum Gasteiger partial charge on any atom is -0.378 e. The molecule has 1 aliphatic heterocycles. The quantitative estimate of drug-likeness (QED) is 0.352. The number of sulfone groups is 1. The van der Waals surface area contributed by atoms with E-state index in [1.54, 1.807) is 30.6 Å². The van der Waals surface area contributed by atoms with Crippen molar-refractivity contribution in [3.8, 4) is 22.5 Å². The highest BCUT2D eigenvalue weighted by atomic mass is 32.2. The van der Waals surface area contributed by atoms with Gasteiger partial charge in [0.1, 0.15) is 0 Å². The normalized spacial score (nSPS) is 13.8. The van der Waals surface area contributed by atoms with Crippen molar-refractivity contribution in [2.75, 3.05) is 48.1 Å². The Kier molecular flexibility index (Phi) is 6.89. The Morgan fingerprint density at radius 2 is 1.65 bits per heavy atom. The highest BCUT2D eigenvalue weighted by Gasteiger charge is 2.20. The lowest BCUT2D eigenvalue weighted by Crippen LogP contribution is -2.36. The fraction of sp³-hybridized carbons (Fsp3) is 0.192. The molecule has 1 saturated heterocycles. The van der Waals surface area contributed by atoms with E-state index >= 15 is 0 Å². The van der Waals surface area contributed by atoms with Crippen LogP contribution in [0.1, 0.15) is 0 Å². The van der Waals surface area contributed by atoms with E-state index in [4.69, 9.17) is 9.72 Å². The number of urea groups is 1. The molecule has 0 radical (unpaired) electrons. The molecular weight excluding hydrogens is 492 g/mol. The lowest BCUT2D eigenvalue weighted by Gasteiger charge is -2.26. The first-order chi connectivity index (χ1) is 17.9. The summed E-state index contributed by atoms with van der Waals surface area (Å²) in [4.78, 5) is 27.5. The van der Waals surface area contributed by atoms with Crippen LogP contribution >= 0.6 is 0 Å². The molecule has 0 unspecified atom stereocenters. The highest BCUT2D eigenvalue weighted by Crippen LogP contribution is 2.33. The predicted molar refractivity (Wildman–Crippen MR) is 142 cm³/mol. The molecule has 10 nitrogen and oxygen atoms in total. The molecule has 0 aliphatic carbocycles. The van der Waals surface area contributed by atoms with Crippen LogP contribution in [0.3, 0.4) is 0 Å². The Morgan fingerprint density at radius 1 is 0.946 bits per heavy atom. The summed E-state index contributed by atoms with van der Waals surface area (Å²) in [6, 6.07) is 16.8. The summed E-state index contributed by atoms with van der Waals surface area (Å²) in [7, 11) is -3.31. The number of nitrogens with zero attached hydrogens (tertiary/aromatic N) is 3. The van der Waals surface area contributed by atoms with Crippen LogP contribution in [0.25, 0.3) is 22.5 Å². The zero-order chi connectivity index (χ0) is 25.8. The van der Waals surface area contributed by atoms with Gasteiger partial charge in [-0.25, -0.2) is 18.2 Å². The van der Waals surface area contributed by atoms with Crippen molar-refractivity contribution in [3.63, 3.8) is 0 Å². The molecule has 5 rings (SSSR count). The number of carbonyl (C=O) groups is 1. The molecule has 0 atom stereocenters. The number of aromatic nitrogens is 3. The molecule has 4 aromatic rings. The van der Waals surface area contributed by atoms with Crippen LogP contribution < -0.4 is 15.5 Å². The molecule has 11 heteroatoms. The third kappa shape index (κ3) is 5.79. The van der Waals surface area contributed by atoms with Crippen molar-refractivity contribution in [2.45, 2.75) is 4.90 Å². The monoisotopic (exact) mass is 518 g/mol. The van der Waals surface area contributed by atoms with E-state index in [9.17, 15) is 13.2 Å². The van der Waals surface area contributed by atoms with Crippen LogP contribution in [0.15, 0.2) is 78.0 Å². The van der Waals surface area contributed by atoms with Crippen LogP contribution in [0.4, 0.5) is 22.1 Å². The number of imidazole rings is 1. The number of benzene rings is 2. The summed E-state index contributed by atoms with van der Waals surface area (Å²) in [5.74, 6) is 0.763. The van der Waals surface area contributed by atoms with E-state index in [-0.39, 0.29) is 4.90 Å². The molecule has 3 heterocycles. The number of morpholine rings is 1. The Hall–Kier alpha value is -4.22. The van der Waals surface area contributed by atoms with Gasteiger partial charge in [0.05, 0.1) is 29.5 Å². The standard InChI is InChI=1S/C26H26N6O4S/c1-37(34,35)22-7-5-20(6-8-22)28-26(33)29-21-4-2-3-19(17-21)24-23(18-9-11-27-12-10-18)30-25(31-24)32-13-15-36-16-14-32/h2-12,17H,13-16H2,1H3,(H,30,31)(H2,28,29,33). The Balaban J connectivity index is 1.38. The van der Waals surface area contributed by atoms with Crippen molar-refractivity contribution < 1.29 is 17.9 Å². The van der Waals surface area contributed by atoms with Gasteiger partial charge in [-0.1, -0.05) is 12.1 Å². The number of rotatable bonds is 6. The van der Waals surface area contributed by atoms with Gasteiger partial charge in [-0.15, -0.1) is 0 Å². The second kappa shape index (κ2) is 10.4. The molecule has 2 aromatic carbocycles. The number of aromatic amines is 1. The molecule has 1 aliphatic rings. The van der Waals surface area contributed by atoms with Crippen LogP contribution in [-0.4, -0.2) is 62.0 Å². The molecular formula is C26H26N6O4S. The van der Waals surface area contributed by atoms with Crippen molar-refractivity contribution >= 4 is 33.2 Å². The fourth-order valence-electron chi connectivity index (χ4n) is 4.05. The molecule has 2 aromatic heterocycles. The largest absolute Gasteiger partial charge is 0.378 e. The van der Waals surface area contributed by atoms with Crippen LogP contribution in [-0.2, 0) is 14.6 Å². The van der Waals surface area contributed by atoms with Crippen LogP contribution in [0.5, 0.6) is 0 Å². The molecule has 1 fully saturated rings. The Labute approximate surface area is 214 Å². The summed E-state index contributed by atoms with van der Waals surface area (Å²) in [6.07, 6.45) is 4.61. The maximum absolute atomic E-state index is 12.6. The summed E-state index contributed by atoms with van der Waals surface area (Å²) >= 11 is 0. The molecule has 37 heavy (non-hydrogen) atoms. The van der Waals surface area contributed by atoms with Gasteiger partial charge >= 0.3 is 6.03 Å². The number of hydrogen-bond acceptors (Lipinski definition) is 7. The van der Waals surface area contributed by atoms with Gasteiger partial charge in [0, 0.05) is 54.2 Å². The number of pyridine rings is 1. The van der Waals surface area contributed by atoms with Gasteiger partial charge in [0.2, 0.25) is 5.95 Å². The van der Waals surface area contributed by atoms with Gasteiger partial charge < -0.3 is 25.3 Å².